The van der Waals surface area contributed by atoms with Crippen molar-refractivity contribution in [2.24, 2.45) is 5.41 Å². The summed E-state index contributed by atoms with van der Waals surface area (Å²) in [5, 5.41) is 5.77. The average Bonchev–Trinajstić information content (AvgIpc) is 3.45. The highest BCUT2D eigenvalue weighted by Gasteiger charge is 2.56. The zero-order chi connectivity index (χ0) is 17.9. The first-order chi connectivity index (χ1) is 12.1. The van der Waals surface area contributed by atoms with E-state index in [1.54, 1.807) is 31.4 Å². The standard InChI is InChI=1S/C20H22N2O3/c1-3-14-6-4-5-7-17(14)22-19(24)20(12-13-20)18(23)21-15-8-10-16(25-2)11-9-15/h4-11H,3,12-13H2,1-2H3,(H,21,23)(H,22,24). The van der Waals surface area contributed by atoms with Crippen molar-refractivity contribution in [1.82, 2.24) is 0 Å². The number of aryl methyl sites for hydroxylation is 1. The molecule has 0 radical (unpaired) electrons. The van der Waals surface area contributed by atoms with Crippen LogP contribution in [-0.4, -0.2) is 18.9 Å². The minimum atomic E-state index is -0.971. The first kappa shape index (κ1) is 17.0. The van der Waals surface area contributed by atoms with Crippen LogP contribution in [0.1, 0.15) is 25.3 Å². The number of para-hydroxylation sites is 1. The number of carbonyl (C=O) groups is 2. The molecule has 1 aliphatic carbocycles. The number of anilines is 2. The Kier molecular flexibility index (Phi) is 4.74. The lowest BCUT2D eigenvalue weighted by Crippen LogP contribution is -2.35. The van der Waals surface area contributed by atoms with Crippen molar-refractivity contribution in [2.45, 2.75) is 26.2 Å². The summed E-state index contributed by atoms with van der Waals surface area (Å²) in [6.07, 6.45) is 1.95. The Labute approximate surface area is 147 Å². The van der Waals surface area contributed by atoms with Gasteiger partial charge in [0, 0.05) is 11.4 Å². The van der Waals surface area contributed by atoms with Gasteiger partial charge in [-0.15, -0.1) is 0 Å². The lowest BCUT2D eigenvalue weighted by Gasteiger charge is -2.17. The van der Waals surface area contributed by atoms with Crippen molar-refractivity contribution in [1.29, 1.82) is 0 Å². The first-order valence-electron chi connectivity index (χ1n) is 8.44. The van der Waals surface area contributed by atoms with Gasteiger partial charge in [-0.1, -0.05) is 25.1 Å². The molecule has 1 aliphatic rings. The summed E-state index contributed by atoms with van der Waals surface area (Å²) >= 11 is 0. The molecule has 3 rings (SSSR count). The number of ether oxygens (including phenoxy) is 1. The van der Waals surface area contributed by atoms with Gasteiger partial charge < -0.3 is 15.4 Å². The summed E-state index contributed by atoms with van der Waals surface area (Å²) in [7, 11) is 1.59. The Morgan fingerprint density at radius 1 is 1.00 bits per heavy atom. The van der Waals surface area contributed by atoms with Crippen molar-refractivity contribution in [3.63, 3.8) is 0 Å². The maximum absolute atomic E-state index is 12.7. The highest BCUT2D eigenvalue weighted by Crippen LogP contribution is 2.47. The number of hydrogen-bond acceptors (Lipinski definition) is 3. The van der Waals surface area contributed by atoms with Gasteiger partial charge in [0.05, 0.1) is 7.11 Å². The molecule has 5 heteroatoms. The third-order valence-electron chi connectivity index (χ3n) is 4.61. The summed E-state index contributed by atoms with van der Waals surface area (Å²) in [5.74, 6) is 0.219. The van der Waals surface area contributed by atoms with E-state index < -0.39 is 5.41 Å². The quantitative estimate of drug-likeness (QED) is 0.791. The van der Waals surface area contributed by atoms with E-state index in [0.717, 1.165) is 17.7 Å². The van der Waals surface area contributed by atoms with E-state index >= 15 is 0 Å². The molecule has 0 aromatic heterocycles. The second-order valence-electron chi connectivity index (χ2n) is 6.23. The molecule has 0 heterocycles. The van der Waals surface area contributed by atoms with Gasteiger partial charge in [-0.25, -0.2) is 0 Å². The molecule has 2 amide bonds. The maximum atomic E-state index is 12.7. The van der Waals surface area contributed by atoms with Crippen LogP contribution in [0, 0.1) is 5.41 Å². The molecular weight excluding hydrogens is 316 g/mol. The van der Waals surface area contributed by atoms with Crippen LogP contribution in [0.25, 0.3) is 0 Å². The fourth-order valence-corrected chi connectivity index (χ4v) is 2.80. The van der Waals surface area contributed by atoms with Gasteiger partial charge in [-0.2, -0.15) is 0 Å². The van der Waals surface area contributed by atoms with Crippen molar-refractivity contribution in [2.75, 3.05) is 17.7 Å². The van der Waals surface area contributed by atoms with Gasteiger partial charge in [0.15, 0.2) is 0 Å². The summed E-state index contributed by atoms with van der Waals surface area (Å²) < 4.78 is 5.10. The molecule has 2 N–H and O–H groups in total. The van der Waals surface area contributed by atoms with E-state index in [1.807, 2.05) is 31.2 Å². The highest BCUT2D eigenvalue weighted by atomic mass is 16.5. The topological polar surface area (TPSA) is 67.4 Å². The summed E-state index contributed by atoms with van der Waals surface area (Å²) in [5.41, 5.74) is 1.51. The molecule has 1 saturated carbocycles. The second-order valence-corrected chi connectivity index (χ2v) is 6.23. The lowest BCUT2D eigenvalue weighted by molar-refractivity contribution is -0.131. The van der Waals surface area contributed by atoms with Crippen LogP contribution in [0.15, 0.2) is 48.5 Å². The van der Waals surface area contributed by atoms with Gasteiger partial charge >= 0.3 is 0 Å². The molecule has 0 spiro atoms. The Hall–Kier alpha value is -2.82. The Morgan fingerprint density at radius 2 is 1.64 bits per heavy atom. The number of rotatable bonds is 6. The van der Waals surface area contributed by atoms with Crippen LogP contribution in [0.4, 0.5) is 11.4 Å². The van der Waals surface area contributed by atoms with Crippen molar-refractivity contribution in [3.05, 3.63) is 54.1 Å². The molecule has 25 heavy (non-hydrogen) atoms. The van der Waals surface area contributed by atoms with E-state index in [1.165, 1.54) is 0 Å². The molecule has 130 valence electrons. The minimum absolute atomic E-state index is 0.237. The number of carbonyl (C=O) groups excluding carboxylic acids is 2. The zero-order valence-corrected chi connectivity index (χ0v) is 14.5. The number of benzene rings is 2. The van der Waals surface area contributed by atoms with Crippen LogP contribution in [0.5, 0.6) is 5.75 Å². The molecule has 0 aliphatic heterocycles. The van der Waals surface area contributed by atoms with Gasteiger partial charge in [-0.3, -0.25) is 9.59 Å². The molecule has 5 nitrogen and oxygen atoms in total. The van der Waals surface area contributed by atoms with E-state index in [-0.39, 0.29) is 11.8 Å². The molecule has 2 aromatic rings. The SMILES string of the molecule is CCc1ccccc1NC(=O)C1(C(=O)Nc2ccc(OC)cc2)CC1. The third kappa shape index (κ3) is 3.50. The monoisotopic (exact) mass is 338 g/mol. The number of hydrogen-bond donors (Lipinski definition) is 2. The lowest BCUT2D eigenvalue weighted by atomic mass is 10.0. The Bertz CT molecular complexity index is 780. The maximum Gasteiger partial charge on any atom is 0.240 e. The van der Waals surface area contributed by atoms with E-state index in [9.17, 15) is 9.59 Å². The van der Waals surface area contributed by atoms with Crippen LogP contribution in [0.3, 0.4) is 0 Å². The fraction of sp³-hybridized carbons (Fsp3) is 0.300. The van der Waals surface area contributed by atoms with Crippen molar-refractivity contribution in [3.8, 4) is 5.75 Å². The average molecular weight is 338 g/mol. The smallest absolute Gasteiger partial charge is 0.240 e. The summed E-state index contributed by atoms with van der Waals surface area (Å²) in [6.45, 7) is 2.04. The molecule has 2 aromatic carbocycles. The predicted octanol–water partition coefficient (Wildman–Crippen LogP) is 3.62. The van der Waals surface area contributed by atoms with E-state index in [4.69, 9.17) is 4.74 Å². The minimum Gasteiger partial charge on any atom is -0.497 e. The first-order valence-corrected chi connectivity index (χ1v) is 8.44. The predicted molar refractivity (Wildman–Crippen MR) is 97.7 cm³/mol. The molecule has 0 bridgehead atoms. The molecule has 0 atom stereocenters. The van der Waals surface area contributed by atoms with Gasteiger partial charge in [0.25, 0.3) is 0 Å². The highest BCUT2D eigenvalue weighted by molar-refractivity contribution is 6.17. The van der Waals surface area contributed by atoms with Gasteiger partial charge in [0.2, 0.25) is 11.8 Å². The Morgan fingerprint density at radius 3 is 2.24 bits per heavy atom. The number of amides is 2. The van der Waals surface area contributed by atoms with Gasteiger partial charge in [-0.05, 0) is 55.2 Å². The van der Waals surface area contributed by atoms with Crippen LogP contribution >= 0.6 is 0 Å². The van der Waals surface area contributed by atoms with Gasteiger partial charge in [0.1, 0.15) is 11.2 Å². The van der Waals surface area contributed by atoms with Crippen LogP contribution in [-0.2, 0) is 16.0 Å². The molecular formula is C20H22N2O3. The summed E-state index contributed by atoms with van der Waals surface area (Å²) in [6, 6.07) is 14.7. The fourth-order valence-electron chi connectivity index (χ4n) is 2.80. The van der Waals surface area contributed by atoms with E-state index in [2.05, 4.69) is 10.6 Å². The van der Waals surface area contributed by atoms with Crippen LogP contribution in [0.2, 0.25) is 0 Å². The largest absolute Gasteiger partial charge is 0.497 e. The normalized spacial score (nSPS) is 14.5. The van der Waals surface area contributed by atoms with Crippen molar-refractivity contribution < 1.29 is 14.3 Å². The third-order valence-corrected chi connectivity index (χ3v) is 4.61. The van der Waals surface area contributed by atoms with Crippen LogP contribution < -0.4 is 15.4 Å². The van der Waals surface area contributed by atoms with E-state index in [0.29, 0.717) is 24.3 Å². The summed E-state index contributed by atoms with van der Waals surface area (Å²) in [4.78, 5) is 25.3. The number of nitrogens with one attached hydrogen (secondary N) is 2. The molecule has 0 unspecified atom stereocenters. The second kappa shape index (κ2) is 6.97. The molecule has 0 saturated heterocycles. The number of methoxy groups -OCH3 is 1. The van der Waals surface area contributed by atoms with Crippen molar-refractivity contribution >= 4 is 23.2 Å². The zero-order valence-electron chi connectivity index (χ0n) is 14.5. The molecule has 1 fully saturated rings. The Balaban J connectivity index is 1.70.